The van der Waals surface area contributed by atoms with Crippen LogP contribution in [0.2, 0.25) is 0 Å². The van der Waals surface area contributed by atoms with Crippen molar-refractivity contribution >= 4 is 18.0 Å². The second kappa shape index (κ2) is 10.00. The minimum absolute atomic E-state index is 0.171. The average Bonchev–Trinajstić information content (AvgIpc) is 2.70. The van der Waals surface area contributed by atoms with Gasteiger partial charge in [0.25, 0.3) is 5.91 Å². The van der Waals surface area contributed by atoms with Crippen molar-refractivity contribution in [2.75, 3.05) is 27.9 Å². The molecule has 0 saturated heterocycles. The number of rotatable bonds is 7. The molecule has 1 aliphatic carbocycles. The molecule has 0 unspecified atom stereocenters. The zero-order valence-electron chi connectivity index (χ0n) is 16.6. The van der Waals surface area contributed by atoms with Crippen molar-refractivity contribution in [3.8, 4) is 11.5 Å². The Bertz CT molecular complexity index is 677. The second-order valence-electron chi connectivity index (χ2n) is 6.97. The van der Waals surface area contributed by atoms with Gasteiger partial charge in [0, 0.05) is 24.7 Å². The molecule has 1 aromatic rings. The van der Waals surface area contributed by atoms with E-state index in [-0.39, 0.29) is 18.6 Å². The first-order valence-corrected chi connectivity index (χ1v) is 9.27. The van der Waals surface area contributed by atoms with Gasteiger partial charge in [-0.2, -0.15) is 0 Å². The van der Waals surface area contributed by atoms with Crippen LogP contribution in [0, 0.1) is 5.92 Å². The number of hydrogen-bond acceptors (Lipinski definition) is 5. The molecule has 0 bridgehead atoms. The van der Waals surface area contributed by atoms with Crippen molar-refractivity contribution in [1.29, 1.82) is 0 Å². The van der Waals surface area contributed by atoms with Gasteiger partial charge in [-0.05, 0) is 55.9 Å². The maximum atomic E-state index is 12.3. The van der Waals surface area contributed by atoms with Gasteiger partial charge in [-0.25, -0.2) is 4.79 Å². The highest BCUT2D eigenvalue weighted by atomic mass is 16.5. The summed E-state index contributed by atoms with van der Waals surface area (Å²) >= 11 is 0. The highest BCUT2D eigenvalue weighted by molar-refractivity contribution is 5.89. The Kier molecular flexibility index (Phi) is 7.70. The van der Waals surface area contributed by atoms with Crippen molar-refractivity contribution in [3.05, 3.63) is 29.8 Å². The van der Waals surface area contributed by atoms with E-state index in [4.69, 9.17) is 14.2 Å². The van der Waals surface area contributed by atoms with Crippen LogP contribution in [0.25, 0.3) is 6.08 Å². The smallest absolute Gasteiger partial charge is 0.331 e. The molecule has 1 saturated carbocycles. The molecule has 6 heteroatoms. The highest BCUT2D eigenvalue weighted by Gasteiger charge is 2.25. The third kappa shape index (κ3) is 6.01. The molecule has 1 aliphatic rings. The normalized spacial score (nSPS) is 19.6. The highest BCUT2D eigenvalue weighted by Crippen LogP contribution is 2.27. The maximum Gasteiger partial charge on any atom is 0.331 e. The van der Waals surface area contributed by atoms with E-state index < -0.39 is 5.97 Å². The van der Waals surface area contributed by atoms with Crippen LogP contribution in [0.1, 0.15) is 38.2 Å². The Balaban J connectivity index is 1.86. The molecule has 0 N–H and O–H groups in total. The molecule has 2 rings (SSSR count). The number of carbonyl (C=O) groups excluding carboxylic acids is 2. The standard InChI is InChI=1S/C21H29NO5/c1-15-5-8-17(9-6-15)22(2)20(23)14-27-21(24)12-7-16-13-18(25-3)10-11-19(16)26-4/h7,10-13,15,17H,5-6,8-9,14H2,1-4H3/b12-7+. The quantitative estimate of drug-likeness (QED) is 0.540. The first-order valence-electron chi connectivity index (χ1n) is 9.27. The first kappa shape index (κ1) is 20.8. The van der Waals surface area contributed by atoms with Crippen molar-refractivity contribution < 1.29 is 23.8 Å². The first-order chi connectivity index (χ1) is 12.9. The fourth-order valence-electron chi connectivity index (χ4n) is 3.24. The minimum atomic E-state index is -0.570. The summed E-state index contributed by atoms with van der Waals surface area (Å²) in [7, 11) is 4.91. The summed E-state index contributed by atoms with van der Waals surface area (Å²) in [5.41, 5.74) is 0.688. The number of esters is 1. The summed E-state index contributed by atoms with van der Waals surface area (Å²) in [6.45, 7) is 1.99. The number of methoxy groups -OCH3 is 2. The number of hydrogen-bond donors (Lipinski definition) is 0. The molecule has 27 heavy (non-hydrogen) atoms. The summed E-state index contributed by atoms with van der Waals surface area (Å²) in [6, 6.07) is 5.53. The van der Waals surface area contributed by atoms with E-state index in [1.54, 1.807) is 50.4 Å². The van der Waals surface area contributed by atoms with Crippen LogP contribution >= 0.6 is 0 Å². The molecular weight excluding hydrogens is 346 g/mol. The van der Waals surface area contributed by atoms with Gasteiger partial charge in [-0.1, -0.05) is 6.92 Å². The molecular formula is C21H29NO5. The summed E-state index contributed by atoms with van der Waals surface area (Å²) in [5.74, 6) is 1.25. The van der Waals surface area contributed by atoms with E-state index in [1.807, 2.05) is 0 Å². The zero-order valence-corrected chi connectivity index (χ0v) is 16.6. The number of likely N-dealkylation sites (N-methyl/N-ethyl adjacent to an activating group) is 1. The van der Waals surface area contributed by atoms with Crippen LogP contribution in [0.3, 0.4) is 0 Å². The summed E-state index contributed by atoms with van der Waals surface area (Å²) in [6.07, 6.45) is 7.15. The molecule has 0 heterocycles. The van der Waals surface area contributed by atoms with E-state index in [2.05, 4.69) is 6.92 Å². The molecule has 0 radical (unpaired) electrons. The van der Waals surface area contributed by atoms with Gasteiger partial charge in [0.05, 0.1) is 14.2 Å². The van der Waals surface area contributed by atoms with Crippen molar-refractivity contribution in [2.45, 2.75) is 38.6 Å². The van der Waals surface area contributed by atoms with E-state index >= 15 is 0 Å². The molecule has 1 aromatic carbocycles. The number of ether oxygens (including phenoxy) is 3. The van der Waals surface area contributed by atoms with Gasteiger partial charge in [0.2, 0.25) is 0 Å². The lowest BCUT2D eigenvalue weighted by molar-refractivity contribution is -0.148. The fourth-order valence-corrected chi connectivity index (χ4v) is 3.24. The molecule has 0 spiro atoms. The van der Waals surface area contributed by atoms with Gasteiger partial charge in [-0.3, -0.25) is 4.79 Å². The molecule has 148 valence electrons. The van der Waals surface area contributed by atoms with Gasteiger partial charge < -0.3 is 19.1 Å². The predicted octanol–water partition coefficient (Wildman–Crippen LogP) is 3.30. The average molecular weight is 375 g/mol. The lowest BCUT2D eigenvalue weighted by Gasteiger charge is -2.33. The Labute approximate surface area is 161 Å². The van der Waals surface area contributed by atoms with Crippen LogP contribution < -0.4 is 9.47 Å². The minimum Gasteiger partial charge on any atom is -0.497 e. The van der Waals surface area contributed by atoms with Gasteiger partial charge in [0.15, 0.2) is 6.61 Å². The number of amides is 1. The van der Waals surface area contributed by atoms with E-state index in [9.17, 15) is 9.59 Å². The zero-order chi connectivity index (χ0) is 19.8. The third-order valence-corrected chi connectivity index (χ3v) is 5.10. The van der Waals surface area contributed by atoms with Gasteiger partial charge in [-0.15, -0.1) is 0 Å². The lowest BCUT2D eigenvalue weighted by Crippen LogP contribution is -2.41. The van der Waals surface area contributed by atoms with Crippen molar-refractivity contribution in [1.82, 2.24) is 4.90 Å². The third-order valence-electron chi connectivity index (χ3n) is 5.10. The largest absolute Gasteiger partial charge is 0.497 e. The van der Waals surface area contributed by atoms with Gasteiger partial charge >= 0.3 is 5.97 Å². The number of nitrogens with zero attached hydrogens (tertiary/aromatic N) is 1. The molecule has 1 amide bonds. The van der Waals surface area contributed by atoms with Crippen LogP contribution in [0.15, 0.2) is 24.3 Å². The Morgan fingerprint density at radius 1 is 1.15 bits per heavy atom. The SMILES string of the molecule is COc1ccc(OC)c(/C=C/C(=O)OCC(=O)N(C)C2CCC(C)CC2)c1. The fraction of sp³-hybridized carbons (Fsp3) is 0.524. The summed E-state index contributed by atoms with van der Waals surface area (Å²) in [4.78, 5) is 26.0. The van der Waals surface area contributed by atoms with Crippen LogP contribution in [0.5, 0.6) is 11.5 Å². The predicted molar refractivity (Wildman–Crippen MR) is 104 cm³/mol. The van der Waals surface area contributed by atoms with E-state index in [0.717, 1.165) is 31.6 Å². The summed E-state index contributed by atoms with van der Waals surface area (Å²) < 4.78 is 15.5. The number of carbonyl (C=O) groups is 2. The Morgan fingerprint density at radius 2 is 1.85 bits per heavy atom. The van der Waals surface area contributed by atoms with Gasteiger partial charge in [0.1, 0.15) is 11.5 Å². The topological polar surface area (TPSA) is 65.1 Å². The monoisotopic (exact) mass is 375 g/mol. The Morgan fingerprint density at radius 3 is 2.48 bits per heavy atom. The van der Waals surface area contributed by atoms with E-state index in [0.29, 0.717) is 17.1 Å². The maximum absolute atomic E-state index is 12.3. The lowest BCUT2D eigenvalue weighted by atomic mass is 9.87. The van der Waals surface area contributed by atoms with Crippen molar-refractivity contribution in [2.24, 2.45) is 5.92 Å². The molecule has 6 nitrogen and oxygen atoms in total. The molecule has 0 aliphatic heterocycles. The van der Waals surface area contributed by atoms with Crippen molar-refractivity contribution in [3.63, 3.8) is 0 Å². The molecule has 0 aromatic heterocycles. The summed E-state index contributed by atoms with van der Waals surface area (Å²) in [5, 5.41) is 0. The van der Waals surface area contributed by atoms with Crippen LogP contribution in [-0.4, -0.2) is 50.7 Å². The Hall–Kier alpha value is -2.50. The van der Waals surface area contributed by atoms with Crippen LogP contribution in [0.4, 0.5) is 0 Å². The number of benzene rings is 1. The molecule has 1 fully saturated rings. The second-order valence-corrected chi connectivity index (χ2v) is 6.97. The van der Waals surface area contributed by atoms with Crippen LogP contribution in [-0.2, 0) is 14.3 Å². The molecule has 0 atom stereocenters. The van der Waals surface area contributed by atoms with E-state index in [1.165, 1.54) is 6.08 Å².